The number of rotatable bonds is 5. The molecule has 0 radical (unpaired) electrons. The minimum Gasteiger partial charge on any atom is -0.427 e. The molecule has 1 aromatic carbocycles. The summed E-state index contributed by atoms with van der Waals surface area (Å²) in [6, 6.07) is 7.66. The molecule has 0 saturated carbocycles. The number of benzene rings is 1. The van der Waals surface area contributed by atoms with Gasteiger partial charge in [0.25, 0.3) is 5.78 Å². The number of hydrogen-bond donors (Lipinski definition) is 0. The smallest absolute Gasteiger partial charge is 0.311 e. The van der Waals surface area contributed by atoms with Crippen molar-refractivity contribution in [2.45, 2.75) is 46.5 Å². The van der Waals surface area contributed by atoms with Crippen molar-refractivity contribution in [1.29, 1.82) is 0 Å². The van der Waals surface area contributed by atoms with Crippen LogP contribution in [-0.4, -0.2) is 25.6 Å². The van der Waals surface area contributed by atoms with Crippen molar-refractivity contribution in [2.24, 2.45) is 0 Å². The number of hydrogen-bond acceptors (Lipinski definition) is 5. The SMILES string of the molecule is Cc1nc2ncnn2c(C)c1CCC(=O)Oc1ccc(C(C)C)cc1. The number of nitrogens with zero attached hydrogens (tertiary/aromatic N) is 4. The van der Waals surface area contributed by atoms with Crippen LogP contribution in [0.5, 0.6) is 5.75 Å². The van der Waals surface area contributed by atoms with Crippen LogP contribution in [-0.2, 0) is 11.2 Å². The van der Waals surface area contributed by atoms with Gasteiger partial charge in [0.1, 0.15) is 12.1 Å². The average Bonchev–Trinajstić information content (AvgIpc) is 3.03. The van der Waals surface area contributed by atoms with Crippen molar-refractivity contribution in [3.8, 4) is 5.75 Å². The summed E-state index contributed by atoms with van der Waals surface area (Å²) in [5, 5.41) is 4.16. The van der Waals surface area contributed by atoms with E-state index in [1.165, 1.54) is 11.9 Å². The molecule has 2 aromatic heterocycles. The van der Waals surface area contributed by atoms with Crippen molar-refractivity contribution in [3.05, 3.63) is 53.1 Å². The summed E-state index contributed by atoms with van der Waals surface area (Å²) >= 11 is 0. The predicted octanol–water partition coefficient (Wildman–Crippen LogP) is 3.40. The Morgan fingerprint density at radius 3 is 2.60 bits per heavy atom. The molecule has 0 bridgehead atoms. The van der Waals surface area contributed by atoms with Crippen molar-refractivity contribution in [1.82, 2.24) is 19.6 Å². The number of esters is 1. The highest BCUT2D eigenvalue weighted by atomic mass is 16.5. The summed E-state index contributed by atoms with van der Waals surface area (Å²) in [6.07, 6.45) is 2.33. The first-order valence-corrected chi connectivity index (χ1v) is 8.42. The Morgan fingerprint density at radius 1 is 1.20 bits per heavy atom. The minimum absolute atomic E-state index is 0.255. The Hall–Kier alpha value is -2.76. The molecule has 0 spiro atoms. The third kappa shape index (κ3) is 3.68. The fraction of sp³-hybridized carbons (Fsp3) is 0.368. The van der Waals surface area contributed by atoms with Gasteiger partial charge in [0.2, 0.25) is 0 Å². The maximum absolute atomic E-state index is 12.2. The van der Waals surface area contributed by atoms with Gasteiger partial charge < -0.3 is 4.74 Å². The maximum atomic E-state index is 12.2. The summed E-state index contributed by atoms with van der Waals surface area (Å²) in [6.45, 7) is 8.14. The van der Waals surface area contributed by atoms with Crippen molar-refractivity contribution >= 4 is 11.7 Å². The van der Waals surface area contributed by atoms with Gasteiger partial charge in [-0.05, 0) is 49.4 Å². The van der Waals surface area contributed by atoms with Crippen LogP contribution in [0.2, 0.25) is 0 Å². The van der Waals surface area contributed by atoms with Gasteiger partial charge in [-0.1, -0.05) is 26.0 Å². The van der Waals surface area contributed by atoms with Crippen LogP contribution in [0.3, 0.4) is 0 Å². The zero-order valence-corrected chi connectivity index (χ0v) is 15.0. The normalized spacial score (nSPS) is 11.2. The first kappa shape index (κ1) is 17.1. The second-order valence-corrected chi connectivity index (χ2v) is 6.43. The van der Waals surface area contributed by atoms with Crippen LogP contribution in [0.4, 0.5) is 0 Å². The molecular weight excluding hydrogens is 316 g/mol. The zero-order chi connectivity index (χ0) is 18.0. The third-order valence-corrected chi connectivity index (χ3v) is 4.35. The standard InChI is InChI=1S/C19H22N4O2/c1-12(2)15-5-7-16(8-6-15)25-18(24)10-9-17-13(3)22-19-20-11-21-23(19)14(17)4/h5-8,11-12H,9-10H2,1-4H3. The molecular formula is C19H22N4O2. The highest BCUT2D eigenvalue weighted by molar-refractivity contribution is 5.72. The molecule has 0 atom stereocenters. The predicted molar refractivity (Wildman–Crippen MR) is 94.7 cm³/mol. The van der Waals surface area contributed by atoms with Gasteiger partial charge >= 0.3 is 5.97 Å². The Kier molecular flexibility index (Phi) is 4.79. The largest absolute Gasteiger partial charge is 0.427 e. The van der Waals surface area contributed by atoms with E-state index in [4.69, 9.17) is 4.74 Å². The van der Waals surface area contributed by atoms with Crippen LogP contribution in [0, 0.1) is 13.8 Å². The van der Waals surface area contributed by atoms with E-state index in [2.05, 4.69) is 28.9 Å². The number of aryl methyl sites for hydroxylation is 2. The summed E-state index contributed by atoms with van der Waals surface area (Å²) in [5.74, 6) is 1.35. The van der Waals surface area contributed by atoms with E-state index in [1.807, 2.05) is 38.1 Å². The molecule has 3 aromatic rings. The number of aromatic nitrogens is 4. The molecule has 0 aliphatic heterocycles. The van der Waals surface area contributed by atoms with Crippen LogP contribution in [0.1, 0.15) is 48.7 Å². The van der Waals surface area contributed by atoms with Crippen LogP contribution in [0.15, 0.2) is 30.6 Å². The summed E-state index contributed by atoms with van der Waals surface area (Å²) in [5.41, 5.74) is 4.05. The van der Waals surface area contributed by atoms with Crippen LogP contribution in [0.25, 0.3) is 5.78 Å². The summed E-state index contributed by atoms with van der Waals surface area (Å²) in [4.78, 5) is 20.7. The van der Waals surface area contributed by atoms with Gasteiger partial charge in [-0.3, -0.25) is 4.79 Å². The second kappa shape index (κ2) is 7.01. The molecule has 3 rings (SSSR count). The molecule has 0 amide bonds. The molecule has 6 nitrogen and oxygen atoms in total. The lowest BCUT2D eigenvalue weighted by Gasteiger charge is -2.10. The molecule has 0 aliphatic rings. The fourth-order valence-electron chi connectivity index (χ4n) is 2.85. The van der Waals surface area contributed by atoms with E-state index >= 15 is 0 Å². The molecule has 0 unspecified atom stereocenters. The van der Waals surface area contributed by atoms with E-state index < -0.39 is 0 Å². The Bertz CT molecular complexity index is 898. The maximum Gasteiger partial charge on any atom is 0.311 e. The highest BCUT2D eigenvalue weighted by Gasteiger charge is 2.13. The van der Waals surface area contributed by atoms with Crippen LogP contribution < -0.4 is 4.74 Å². The van der Waals surface area contributed by atoms with Gasteiger partial charge in [0, 0.05) is 11.4 Å². The third-order valence-electron chi connectivity index (χ3n) is 4.35. The van der Waals surface area contributed by atoms with E-state index in [0.717, 1.165) is 17.0 Å². The monoisotopic (exact) mass is 338 g/mol. The zero-order valence-electron chi connectivity index (χ0n) is 15.0. The number of ether oxygens (including phenoxy) is 1. The van der Waals surface area contributed by atoms with Gasteiger partial charge in [-0.25, -0.2) is 9.50 Å². The van der Waals surface area contributed by atoms with Gasteiger partial charge in [0.15, 0.2) is 0 Å². The Balaban J connectivity index is 1.66. The highest BCUT2D eigenvalue weighted by Crippen LogP contribution is 2.20. The van der Waals surface area contributed by atoms with Crippen molar-refractivity contribution in [2.75, 3.05) is 0 Å². The molecule has 6 heteroatoms. The topological polar surface area (TPSA) is 69.4 Å². The van der Waals surface area contributed by atoms with E-state index in [1.54, 1.807) is 4.52 Å². The van der Waals surface area contributed by atoms with Gasteiger partial charge in [-0.15, -0.1) is 0 Å². The molecule has 130 valence electrons. The Labute approximate surface area is 146 Å². The molecule has 0 fully saturated rings. The molecule has 25 heavy (non-hydrogen) atoms. The second-order valence-electron chi connectivity index (χ2n) is 6.43. The Morgan fingerprint density at radius 2 is 1.92 bits per heavy atom. The quantitative estimate of drug-likeness (QED) is 0.527. The van der Waals surface area contributed by atoms with Crippen molar-refractivity contribution < 1.29 is 9.53 Å². The first-order valence-electron chi connectivity index (χ1n) is 8.42. The van der Waals surface area contributed by atoms with Crippen molar-refractivity contribution in [3.63, 3.8) is 0 Å². The van der Waals surface area contributed by atoms with E-state index in [0.29, 0.717) is 23.9 Å². The minimum atomic E-state index is -0.255. The van der Waals surface area contributed by atoms with Crippen LogP contribution >= 0.6 is 0 Å². The molecule has 0 saturated heterocycles. The lowest BCUT2D eigenvalue weighted by atomic mass is 10.0. The molecule has 0 N–H and O–H groups in total. The number of carbonyl (C=O) groups excluding carboxylic acids is 1. The van der Waals surface area contributed by atoms with E-state index in [9.17, 15) is 4.79 Å². The summed E-state index contributed by atoms with van der Waals surface area (Å²) < 4.78 is 7.12. The summed E-state index contributed by atoms with van der Waals surface area (Å²) in [7, 11) is 0. The first-order chi connectivity index (χ1) is 12.0. The molecule has 2 heterocycles. The average molecular weight is 338 g/mol. The molecule has 0 aliphatic carbocycles. The lowest BCUT2D eigenvalue weighted by Crippen LogP contribution is -2.12. The van der Waals surface area contributed by atoms with Gasteiger partial charge in [0.05, 0.1) is 6.42 Å². The fourth-order valence-corrected chi connectivity index (χ4v) is 2.85. The number of carbonyl (C=O) groups is 1. The number of fused-ring (bicyclic) bond motifs is 1. The lowest BCUT2D eigenvalue weighted by molar-refractivity contribution is -0.134. The van der Waals surface area contributed by atoms with E-state index in [-0.39, 0.29) is 12.4 Å². The van der Waals surface area contributed by atoms with Gasteiger partial charge in [-0.2, -0.15) is 10.1 Å².